The van der Waals surface area contributed by atoms with Crippen LogP contribution in [0.2, 0.25) is 0 Å². The highest BCUT2D eigenvalue weighted by molar-refractivity contribution is 8.82. The van der Waals surface area contributed by atoms with Crippen LogP contribution in [0.4, 0.5) is 0 Å². The van der Waals surface area contributed by atoms with Crippen LogP contribution < -0.4 is 0 Å². The van der Waals surface area contributed by atoms with Crippen molar-refractivity contribution in [3.05, 3.63) is 65.7 Å². The van der Waals surface area contributed by atoms with Gasteiger partial charge in [-0.15, -0.1) is 0 Å². The lowest BCUT2D eigenvalue weighted by atomic mass is 10.1. The Bertz CT molecular complexity index is 509. The molecule has 0 radical (unpaired) electrons. The minimum absolute atomic E-state index is 0.108. The van der Waals surface area contributed by atoms with Gasteiger partial charge in [0.15, 0.2) is 0 Å². The van der Waals surface area contributed by atoms with Crippen molar-refractivity contribution in [3.8, 4) is 0 Å². The molecule has 0 bridgehead atoms. The van der Waals surface area contributed by atoms with E-state index in [2.05, 4.69) is 0 Å². The number of carbonyl (C=O) groups is 1. The molecule has 0 spiro atoms. The van der Waals surface area contributed by atoms with Gasteiger partial charge in [-0.05, 0) is 46.2 Å². The van der Waals surface area contributed by atoms with Gasteiger partial charge in [0.25, 0.3) is 0 Å². The van der Waals surface area contributed by atoms with E-state index >= 15 is 0 Å². The summed E-state index contributed by atoms with van der Waals surface area (Å²) < 4.78 is 0. The quantitative estimate of drug-likeness (QED) is 0.752. The van der Waals surface area contributed by atoms with E-state index in [0.717, 1.165) is 16.0 Å². The molecule has 17 heavy (non-hydrogen) atoms. The van der Waals surface area contributed by atoms with E-state index in [0.29, 0.717) is 0 Å². The fourth-order valence-corrected chi connectivity index (χ4v) is 3.29. The number of carbonyl (C=O) groups excluding carboxylic acids is 1. The Hall–Kier alpha value is -1.19. The minimum atomic E-state index is 0.108. The molecule has 3 heteroatoms. The van der Waals surface area contributed by atoms with Gasteiger partial charge in [-0.2, -0.15) is 0 Å². The van der Waals surface area contributed by atoms with Gasteiger partial charge in [-0.1, -0.05) is 42.5 Å². The molecule has 86 valence electrons. The summed E-state index contributed by atoms with van der Waals surface area (Å²) in [4.78, 5) is 13.1. The van der Waals surface area contributed by atoms with Gasteiger partial charge in [0, 0.05) is 10.5 Å². The van der Waals surface area contributed by atoms with Crippen molar-refractivity contribution in [2.24, 2.45) is 0 Å². The molecule has 0 fully saturated rings. The molecule has 2 aromatic carbocycles. The topological polar surface area (TPSA) is 17.1 Å². The zero-order valence-corrected chi connectivity index (χ0v) is 11.1. The zero-order valence-electron chi connectivity index (χ0n) is 9.42. The number of rotatable bonds is 3. The molecule has 2 aromatic rings. The Labute approximate surface area is 109 Å². The van der Waals surface area contributed by atoms with Crippen LogP contribution in [0.15, 0.2) is 59.5 Å². The lowest BCUT2D eigenvalue weighted by Crippen LogP contribution is -1.94. The lowest BCUT2D eigenvalue weighted by molar-refractivity contribution is 0.109. The summed E-state index contributed by atoms with van der Waals surface area (Å²) in [6.07, 6.45) is 0. The summed E-state index contributed by atoms with van der Waals surface area (Å²) in [5.41, 5.74) is 1.82. The van der Waals surface area contributed by atoms with Gasteiger partial charge in [0.05, 0.1) is 0 Å². The van der Waals surface area contributed by atoms with Gasteiger partial charge in [-0.25, -0.2) is 0 Å². The lowest BCUT2D eigenvalue weighted by Gasteiger charge is -2.03. The van der Waals surface area contributed by atoms with Crippen molar-refractivity contribution in [1.29, 1.82) is 0 Å². The highest BCUT2D eigenvalue weighted by Gasteiger charge is 2.09. The van der Waals surface area contributed by atoms with Gasteiger partial charge in [-0.3, -0.25) is 4.79 Å². The van der Waals surface area contributed by atoms with E-state index in [9.17, 15) is 4.79 Å². The van der Waals surface area contributed by atoms with Crippen molar-refractivity contribution in [2.75, 3.05) is 0 Å². The van der Waals surface area contributed by atoms with Crippen molar-refractivity contribution in [3.63, 3.8) is 0 Å². The van der Waals surface area contributed by atoms with E-state index < -0.39 is 0 Å². The molecule has 0 aromatic heterocycles. The van der Waals surface area contributed by atoms with Crippen molar-refractivity contribution in [1.82, 2.24) is 0 Å². The third-order valence-corrected chi connectivity index (χ3v) is 4.52. The molecule has 0 amide bonds. The monoisotopic (exact) mass is 260 g/mol. The number of aryl methyl sites for hydroxylation is 1. The molecule has 1 nitrogen and oxygen atoms in total. The van der Waals surface area contributed by atoms with Gasteiger partial charge in [0.2, 0.25) is 5.12 Å². The normalized spacial score (nSPS) is 10.2. The fraction of sp³-hybridized carbons (Fsp3) is 0.0714. The molecular weight excluding hydrogens is 248 g/mol. The van der Waals surface area contributed by atoms with Gasteiger partial charge >= 0.3 is 0 Å². The maximum Gasteiger partial charge on any atom is 0.230 e. The molecule has 0 aliphatic carbocycles. The number of hydrogen-bond donors (Lipinski definition) is 0. The molecule has 0 heterocycles. The zero-order chi connectivity index (χ0) is 12.1. The average Bonchev–Trinajstić information content (AvgIpc) is 2.38. The van der Waals surface area contributed by atoms with E-state index in [-0.39, 0.29) is 5.12 Å². The molecule has 0 N–H and O–H groups in total. The van der Waals surface area contributed by atoms with Crippen molar-refractivity contribution in [2.45, 2.75) is 11.8 Å². The predicted molar refractivity (Wildman–Crippen MR) is 75.4 cm³/mol. The van der Waals surface area contributed by atoms with Crippen LogP contribution in [0.25, 0.3) is 0 Å². The smallest absolute Gasteiger partial charge is 0.230 e. The Balaban J connectivity index is 2.01. The Morgan fingerprint density at radius 1 is 0.941 bits per heavy atom. The second-order valence-corrected chi connectivity index (χ2v) is 5.76. The molecule has 0 atom stereocenters. The van der Waals surface area contributed by atoms with Crippen molar-refractivity contribution >= 4 is 26.7 Å². The first-order chi connectivity index (χ1) is 8.27. The Morgan fingerprint density at radius 2 is 1.59 bits per heavy atom. The van der Waals surface area contributed by atoms with Crippen LogP contribution in [-0.2, 0) is 0 Å². The molecule has 0 saturated heterocycles. The van der Waals surface area contributed by atoms with Crippen LogP contribution in [-0.4, -0.2) is 5.12 Å². The first kappa shape index (κ1) is 12.3. The van der Waals surface area contributed by atoms with Gasteiger partial charge < -0.3 is 0 Å². The van der Waals surface area contributed by atoms with Crippen LogP contribution in [0.1, 0.15) is 15.9 Å². The Kier molecular flexibility index (Phi) is 4.29. The summed E-state index contributed by atoms with van der Waals surface area (Å²) in [6.45, 7) is 1.96. The first-order valence-corrected chi connectivity index (χ1v) is 7.42. The standard InChI is InChI=1S/C14H12OS2/c1-11-7-5-6-10-13(11)14(15)17-16-12-8-3-2-4-9-12/h2-10H,1H3. The molecular formula is C14H12OS2. The van der Waals surface area contributed by atoms with Crippen molar-refractivity contribution < 1.29 is 4.79 Å². The average molecular weight is 260 g/mol. The van der Waals surface area contributed by atoms with E-state index in [1.807, 2.05) is 61.5 Å². The largest absolute Gasteiger partial charge is 0.281 e. The molecule has 0 aliphatic heterocycles. The SMILES string of the molecule is Cc1ccccc1C(=O)SSc1ccccc1. The van der Waals surface area contributed by atoms with Crippen LogP contribution in [0.5, 0.6) is 0 Å². The van der Waals surface area contributed by atoms with Crippen LogP contribution >= 0.6 is 21.6 Å². The predicted octanol–water partition coefficient (Wildman–Crippen LogP) is 4.58. The van der Waals surface area contributed by atoms with Crippen LogP contribution in [0, 0.1) is 6.92 Å². The maximum absolute atomic E-state index is 12.0. The molecule has 0 saturated carbocycles. The molecule has 0 aliphatic rings. The molecule has 0 unspecified atom stereocenters. The fourth-order valence-electron chi connectivity index (χ4n) is 1.41. The number of benzene rings is 2. The third-order valence-electron chi connectivity index (χ3n) is 2.32. The number of hydrogen-bond acceptors (Lipinski definition) is 3. The van der Waals surface area contributed by atoms with E-state index in [1.165, 1.54) is 21.6 Å². The summed E-state index contributed by atoms with van der Waals surface area (Å²) in [5.74, 6) is 0. The van der Waals surface area contributed by atoms with E-state index in [1.54, 1.807) is 0 Å². The Morgan fingerprint density at radius 3 is 2.29 bits per heavy atom. The highest BCUT2D eigenvalue weighted by Crippen LogP contribution is 2.33. The summed E-state index contributed by atoms with van der Waals surface area (Å²) in [5, 5.41) is 0.108. The van der Waals surface area contributed by atoms with Gasteiger partial charge in [0.1, 0.15) is 0 Å². The third kappa shape index (κ3) is 3.38. The highest BCUT2D eigenvalue weighted by atomic mass is 33.1. The van der Waals surface area contributed by atoms with Crippen LogP contribution in [0.3, 0.4) is 0 Å². The first-order valence-electron chi connectivity index (χ1n) is 5.27. The maximum atomic E-state index is 12.0. The second-order valence-electron chi connectivity index (χ2n) is 3.58. The minimum Gasteiger partial charge on any atom is -0.281 e. The second kappa shape index (κ2) is 5.94. The molecule has 2 rings (SSSR count). The summed E-state index contributed by atoms with van der Waals surface area (Å²) in [7, 11) is 2.77. The summed E-state index contributed by atoms with van der Waals surface area (Å²) in [6, 6.07) is 17.6. The summed E-state index contributed by atoms with van der Waals surface area (Å²) >= 11 is 0. The van der Waals surface area contributed by atoms with E-state index in [4.69, 9.17) is 0 Å².